The molecule has 1 saturated carbocycles. The molecule has 6 heteroatoms. The van der Waals surface area contributed by atoms with E-state index in [1.54, 1.807) is 0 Å². The van der Waals surface area contributed by atoms with Gasteiger partial charge in [0.1, 0.15) is 5.92 Å². The number of hydrogen-bond donors (Lipinski definition) is 0. The van der Waals surface area contributed by atoms with Gasteiger partial charge in [-0.1, -0.05) is 46.6 Å². The van der Waals surface area contributed by atoms with Crippen molar-refractivity contribution in [1.29, 1.82) is 0 Å². The Morgan fingerprint density at radius 1 is 1.11 bits per heavy atom. The van der Waals surface area contributed by atoms with Crippen molar-refractivity contribution in [2.24, 2.45) is 11.8 Å². The van der Waals surface area contributed by atoms with Crippen molar-refractivity contribution in [2.45, 2.75) is 84.2 Å². The van der Waals surface area contributed by atoms with Crippen molar-refractivity contribution in [1.82, 2.24) is 0 Å². The molecule has 2 unspecified atom stereocenters. The van der Waals surface area contributed by atoms with Gasteiger partial charge in [0, 0.05) is 6.08 Å². The van der Waals surface area contributed by atoms with E-state index < -0.39 is 29.4 Å². The minimum atomic E-state index is -1.62. The number of esters is 3. The van der Waals surface area contributed by atoms with Gasteiger partial charge in [-0.3, -0.25) is 4.79 Å². The number of carbonyl (C=O) groups is 3. The van der Waals surface area contributed by atoms with Crippen LogP contribution in [-0.4, -0.2) is 36.7 Å². The van der Waals surface area contributed by atoms with Gasteiger partial charge < -0.3 is 14.2 Å². The summed E-state index contributed by atoms with van der Waals surface area (Å²) in [4.78, 5) is 37.6. The van der Waals surface area contributed by atoms with E-state index in [2.05, 4.69) is 20.4 Å². The lowest BCUT2D eigenvalue weighted by Gasteiger charge is -2.39. The minimum absolute atomic E-state index is 0.247. The van der Waals surface area contributed by atoms with Crippen LogP contribution in [0.2, 0.25) is 0 Å². The van der Waals surface area contributed by atoms with E-state index in [4.69, 9.17) is 14.2 Å². The number of ether oxygens (including phenoxy) is 3. The van der Waals surface area contributed by atoms with Gasteiger partial charge >= 0.3 is 17.9 Å². The Bertz CT molecular complexity index is 527. The topological polar surface area (TPSA) is 78.9 Å². The molecular weight excluding hydrogens is 360 g/mol. The summed E-state index contributed by atoms with van der Waals surface area (Å²) >= 11 is 0. The van der Waals surface area contributed by atoms with Gasteiger partial charge in [0.05, 0.1) is 13.2 Å². The molecule has 28 heavy (non-hydrogen) atoms. The van der Waals surface area contributed by atoms with Gasteiger partial charge in [0.2, 0.25) is 5.60 Å². The van der Waals surface area contributed by atoms with Gasteiger partial charge in [-0.2, -0.15) is 0 Å². The van der Waals surface area contributed by atoms with E-state index in [0.29, 0.717) is 25.4 Å². The van der Waals surface area contributed by atoms with Crippen molar-refractivity contribution in [3.8, 4) is 0 Å². The molecule has 0 bridgehead atoms. The second-order valence-electron chi connectivity index (χ2n) is 7.86. The maximum Gasteiger partial charge on any atom is 0.351 e. The fourth-order valence-corrected chi connectivity index (χ4v) is 3.44. The Balaban J connectivity index is 2.88. The molecule has 0 aliphatic heterocycles. The average molecular weight is 397 g/mol. The molecule has 0 radical (unpaired) electrons. The van der Waals surface area contributed by atoms with E-state index in [1.165, 1.54) is 0 Å². The molecule has 0 aromatic rings. The molecular formula is C22H36O6. The van der Waals surface area contributed by atoms with Gasteiger partial charge in [-0.25, -0.2) is 9.59 Å². The second-order valence-corrected chi connectivity index (χ2v) is 7.86. The summed E-state index contributed by atoms with van der Waals surface area (Å²) in [5.74, 6) is -2.13. The summed E-state index contributed by atoms with van der Waals surface area (Å²) in [5.41, 5.74) is -1.62. The fourth-order valence-electron chi connectivity index (χ4n) is 3.44. The average Bonchev–Trinajstić information content (AvgIpc) is 2.67. The summed E-state index contributed by atoms with van der Waals surface area (Å²) in [6, 6.07) is 0. The molecule has 0 amide bonds. The first-order chi connectivity index (χ1) is 13.4. The highest BCUT2D eigenvalue weighted by molar-refractivity contribution is 5.92. The van der Waals surface area contributed by atoms with Crippen LogP contribution in [0.25, 0.3) is 0 Å². The van der Waals surface area contributed by atoms with Gasteiger partial charge in [0.25, 0.3) is 0 Å². The lowest BCUT2D eigenvalue weighted by atomic mass is 9.75. The SMILES string of the molecule is C=CC(=O)OC1(C(=O)OCCCCC(C)C)CCCCC1C(=O)OCCCC. The summed E-state index contributed by atoms with van der Waals surface area (Å²) < 4.78 is 16.3. The van der Waals surface area contributed by atoms with E-state index in [9.17, 15) is 14.4 Å². The van der Waals surface area contributed by atoms with Crippen molar-refractivity contribution in [2.75, 3.05) is 13.2 Å². The van der Waals surface area contributed by atoms with E-state index in [0.717, 1.165) is 44.6 Å². The van der Waals surface area contributed by atoms with Crippen LogP contribution in [0, 0.1) is 11.8 Å². The lowest BCUT2D eigenvalue weighted by molar-refractivity contribution is -0.198. The predicted octanol–water partition coefficient (Wildman–Crippen LogP) is 4.36. The van der Waals surface area contributed by atoms with Crippen LogP contribution in [0.5, 0.6) is 0 Å². The molecule has 0 heterocycles. The standard InChI is InChI=1S/C22H36O6/c1-5-7-15-26-20(24)18-13-8-10-14-22(18,28-19(23)6-2)21(25)27-16-11-9-12-17(3)4/h6,17-18H,2,5,7-16H2,1,3-4H3. The second kappa shape index (κ2) is 12.6. The number of carbonyl (C=O) groups excluding carboxylic acids is 3. The summed E-state index contributed by atoms with van der Waals surface area (Å²) in [7, 11) is 0. The smallest absolute Gasteiger partial charge is 0.351 e. The zero-order chi connectivity index (χ0) is 21.0. The molecule has 6 nitrogen and oxygen atoms in total. The maximum absolute atomic E-state index is 13.0. The Morgan fingerprint density at radius 2 is 1.82 bits per heavy atom. The van der Waals surface area contributed by atoms with E-state index in [1.807, 2.05) is 6.92 Å². The van der Waals surface area contributed by atoms with E-state index >= 15 is 0 Å². The number of rotatable bonds is 12. The van der Waals surface area contributed by atoms with Crippen molar-refractivity contribution >= 4 is 17.9 Å². The molecule has 0 saturated heterocycles. The van der Waals surface area contributed by atoms with Crippen LogP contribution in [0.3, 0.4) is 0 Å². The molecule has 1 fully saturated rings. The molecule has 0 aromatic heterocycles. The molecule has 2 atom stereocenters. The third-order valence-electron chi connectivity index (χ3n) is 5.08. The van der Waals surface area contributed by atoms with Crippen LogP contribution in [0.1, 0.15) is 78.6 Å². The zero-order valence-electron chi connectivity index (χ0n) is 17.7. The van der Waals surface area contributed by atoms with Crippen molar-refractivity contribution in [3.63, 3.8) is 0 Å². The first-order valence-corrected chi connectivity index (χ1v) is 10.6. The summed E-state index contributed by atoms with van der Waals surface area (Å²) in [6.45, 7) is 10.2. The lowest BCUT2D eigenvalue weighted by Crippen LogP contribution is -2.55. The molecule has 1 aliphatic rings. The quantitative estimate of drug-likeness (QED) is 0.211. The summed E-state index contributed by atoms with van der Waals surface area (Å²) in [6.07, 6.45) is 7.52. The third-order valence-corrected chi connectivity index (χ3v) is 5.08. The first-order valence-electron chi connectivity index (χ1n) is 10.6. The Kier molecular flexibility index (Phi) is 10.9. The molecule has 160 valence electrons. The molecule has 0 spiro atoms. The Morgan fingerprint density at radius 3 is 2.46 bits per heavy atom. The van der Waals surface area contributed by atoms with Gasteiger partial charge in [-0.05, 0) is 44.4 Å². The van der Waals surface area contributed by atoms with Gasteiger partial charge in [-0.15, -0.1) is 0 Å². The van der Waals surface area contributed by atoms with E-state index in [-0.39, 0.29) is 13.0 Å². The highest BCUT2D eigenvalue weighted by atomic mass is 16.6. The molecule has 1 aliphatic carbocycles. The third kappa shape index (κ3) is 7.28. The predicted molar refractivity (Wildman–Crippen MR) is 106 cm³/mol. The molecule has 0 N–H and O–H groups in total. The Labute approximate surface area is 169 Å². The van der Waals surface area contributed by atoms with Crippen LogP contribution in [-0.2, 0) is 28.6 Å². The first kappa shape index (κ1) is 24.2. The molecule has 0 aromatic carbocycles. The highest BCUT2D eigenvalue weighted by Crippen LogP contribution is 2.39. The highest BCUT2D eigenvalue weighted by Gasteiger charge is 2.55. The minimum Gasteiger partial charge on any atom is -0.465 e. The number of unbranched alkanes of at least 4 members (excludes halogenated alkanes) is 2. The largest absolute Gasteiger partial charge is 0.465 e. The molecule has 1 rings (SSSR count). The van der Waals surface area contributed by atoms with Crippen LogP contribution < -0.4 is 0 Å². The summed E-state index contributed by atoms with van der Waals surface area (Å²) in [5, 5.41) is 0. The van der Waals surface area contributed by atoms with Crippen LogP contribution in [0.4, 0.5) is 0 Å². The van der Waals surface area contributed by atoms with Crippen LogP contribution in [0.15, 0.2) is 12.7 Å². The fraction of sp³-hybridized carbons (Fsp3) is 0.773. The van der Waals surface area contributed by atoms with Crippen molar-refractivity contribution < 1.29 is 28.6 Å². The van der Waals surface area contributed by atoms with Gasteiger partial charge in [0.15, 0.2) is 0 Å². The zero-order valence-corrected chi connectivity index (χ0v) is 17.7. The van der Waals surface area contributed by atoms with Crippen LogP contribution >= 0.6 is 0 Å². The normalized spacial score (nSPS) is 21.8. The number of hydrogen-bond acceptors (Lipinski definition) is 6. The monoisotopic (exact) mass is 396 g/mol. The van der Waals surface area contributed by atoms with Crippen molar-refractivity contribution in [3.05, 3.63) is 12.7 Å². The maximum atomic E-state index is 13.0. The Hall–Kier alpha value is -1.85.